The van der Waals surface area contributed by atoms with E-state index in [0.717, 1.165) is 18.5 Å². The van der Waals surface area contributed by atoms with Crippen LogP contribution in [0.1, 0.15) is 36.0 Å². The highest BCUT2D eigenvalue weighted by Gasteiger charge is 2.30. The fraction of sp³-hybridized carbons (Fsp3) is 0.375. The molecule has 1 amide bonds. The molecule has 20 heavy (non-hydrogen) atoms. The smallest absolute Gasteiger partial charge is 0.338 e. The number of allylic oxidation sites excluding steroid dienone is 1. The highest BCUT2D eigenvalue weighted by molar-refractivity contribution is 5.89. The lowest BCUT2D eigenvalue weighted by Crippen LogP contribution is -2.37. The molecule has 0 aromatic heterocycles. The molecule has 1 aromatic carbocycles. The van der Waals surface area contributed by atoms with Crippen molar-refractivity contribution in [1.82, 2.24) is 5.32 Å². The van der Waals surface area contributed by atoms with Gasteiger partial charge in [-0.25, -0.2) is 4.79 Å². The summed E-state index contributed by atoms with van der Waals surface area (Å²) in [5.74, 6) is 0.134. The number of fused-ring (bicyclic) bond motifs is 1. The second-order valence-corrected chi connectivity index (χ2v) is 5.31. The van der Waals surface area contributed by atoms with Crippen LogP contribution >= 0.6 is 0 Å². The first kappa shape index (κ1) is 12.9. The van der Waals surface area contributed by atoms with E-state index in [4.69, 9.17) is 4.74 Å². The first-order chi connectivity index (χ1) is 9.72. The third-order valence-electron chi connectivity index (χ3n) is 3.87. The molecule has 0 bridgehead atoms. The molecule has 1 aliphatic carbocycles. The summed E-state index contributed by atoms with van der Waals surface area (Å²) in [5.41, 5.74) is 1.59. The number of benzene rings is 1. The molecule has 2 atom stereocenters. The van der Waals surface area contributed by atoms with Gasteiger partial charge in [0.15, 0.2) is 0 Å². The number of rotatable bonds is 2. The van der Waals surface area contributed by atoms with Gasteiger partial charge in [0.25, 0.3) is 0 Å². The fourth-order valence-electron chi connectivity index (χ4n) is 2.81. The minimum absolute atomic E-state index is 0.0900. The van der Waals surface area contributed by atoms with Gasteiger partial charge in [-0.15, -0.1) is 0 Å². The van der Waals surface area contributed by atoms with Gasteiger partial charge in [0, 0.05) is 24.5 Å². The zero-order chi connectivity index (χ0) is 13.9. The number of ether oxygens (including phenoxy) is 1. The SMILES string of the molecule is O=C1CC[C@H]2C[C@H](OC(=O)c3ccccc3)CC=C2N1. The second-order valence-electron chi connectivity index (χ2n) is 5.31. The third-order valence-corrected chi connectivity index (χ3v) is 3.87. The van der Waals surface area contributed by atoms with Gasteiger partial charge in [-0.2, -0.15) is 0 Å². The number of amides is 1. The summed E-state index contributed by atoms with van der Waals surface area (Å²) in [6.45, 7) is 0. The topological polar surface area (TPSA) is 55.4 Å². The molecule has 1 saturated heterocycles. The van der Waals surface area contributed by atoms with Gasteiger partial charge in [-0.1, -0.05) is 24.3 Å². The first-order valence-electron chi connectivity index (χ1n) is 6.98. The Morgan fingerprint density at radius 3 is 2.85 bits per heavy atom. The largest absolute Gasteiger partial charge is 0.458 e. The summed E-state index contributed by atoms with van der Waals surface area (Å²) in [5, 5.41) is 2.91. The normalized spacial score (nSPS) is 25.2. The molecular formula is C16H17NO3. The van der Waals surface area contributed by atoms with Gasteiger partial charge in [0.2, 0.25) is 5.91 Å². The van der Waals surface area contributed by atoms with Gasteiger partial charge >= 0.3 is 5.97 Å². The Morgan fingerprint density at radius 2 is 2.05 bits per heavy atom. The minimum Gasteiger partial charge on any atom is -0.458 e. The average Bonchev–Trinajstić information content (AvgIpc) is 2.48. The molecule has 4 nitrogen and oxygen atoms in total. The van der Waals surface area contributed by atoms with E-state index in [9.17, 15) is 9.59 Å². The molecule has 4 heteroatoms. The van der Waals surface area contributed by atoms with Crippen molar-refractivity contribution in [2.75, 3.05) is 0 Å². The molecule has 104 valence electrons. The van der Waals surface area contributed by atoms with Gasteiger partial charge in [0.05, 0.1) is 5.56 Å². The fourth-order valence-corrected chi connectivity index (χ4v) is 2.81. The average molecular weight is 271 g/mol. The molecule has 1 aromatic rings. The van der Waals surface area contributed by atoms with E-state index < -0.39 is 0 Å². The Bertz CT molecular complexity index is 550. The van der Waals surface area contributed by atoms with Gasteiger partial charge in [-0.05, 0) is 25.0 Å². The molecule has 1 fully saturated rings. The van der Waals surface area contributed by atoms with Crippen LogP contribution in [0.25, 0.3) is 0 Å². The van der Waals surface area contributed by atoms with Gasteiger partial charge in [-0.3, -0.25) is 4.79 Å². The molecule has 1 aliphatic heterocycles. The Hall–Kier alpha value is -2.10. The van der Waals surface area contributed by atoms with Crippen molar-refractivity contribution < 1.29 is 14.3 Å². The molecule has 0 radical (unpaired) electrons. The number of carbonyl (C=O) groups excluding carboxylic acids is 2. The van der Waals surface area contributed by atoms with Crippen LogP contribution in [0.5, 0.6) is 0 Å². The Labute approximate surface area is 117 Å². The summed E-state index contributed by atoms with van der Waals surface area (Å²) in [6, 6.07) is 9.04. The lowest BCUT2D eigenvalue weighted by molar-refractivity contribution is -0.122. The summed E-state index contributed by atoms with van der Waals surface area (Å²) >= 11 is 0. The standard InChI is InChI=1S/C16H17NO3/c18-15-9-6-12-10-13(7-8-14(12)17-15)20-16(19)11-4-2-1-3-5-11/h1-5,8,12-13H,6-7,9-10H2,(H,17,18)/t12-,13+/m0/s1. The van der Waals surface area contributed by atoms with Crippen molar-refractivity contribution in [2.24, 2.45) is 5.92 Å². The van der Waals surface area contributed by atoms with Gasteiger partial charge in [0.1, 0.15) is 6.10 Å². The van der Waals surface area contributed by atoms with E-state index in [2.05, 4.69) is 5.32 Å². The predicted octanol–water partition coefficient (Wildman–Crippen LogP) is 2.42. The van der Waals surface area contributed by atoms with Crippen molar-refractivity contribution in [1.29, 1.82) is 0 Å². The highest BCUT2D eigenvalue weighted by atomic mass is 16.5. The number of esters is 1. The first-order valence-corrected chi connectivity index (χ1v) is 6.98. The van der Waals surface area contributed by atoms with E-state index in [1.807, 2.05) is 24.3 Å². The minimum atomic E-state index is -0.271. The van der Waals surface area contributed by atoms with E-state index in [0.29, 0.717) is 24.3 Å². The quantitative estimate of drug-likeness (QED) is 0.840. The van der Waals surface area contributed by atoms with Crippen LogP contribution in [0.2, 0.25) is 0 Å². The number of hydrogen-bond acceptors (Lipinski definition) is 3. The Kier molecular flexibility index (Phi) is 3.54. The van der Waals surface area contributed by atoms with Crippen LogP contribution in [-0.4, -0.2) is 18.0 Å². The van der Waals surface area contributed by atoms with Crippen LogP contribution in [0.15, 0.2) is 42.1 Å². The molecule has 0 unspecified atom stereocenters. The van der Waals surface area contributed by atoms with Crippen LogP contribution < -0.4 is 5.32 Å². The maximum atomic E-state index is 12.0. The predicted molar refractivity (Wildman–Crippen MR) is 73.8 cm³/mol. The summed E-state index contributed by atoms with van der Waals surface area (Å²) in [7, 11) is 0. The lowest BCUT2D eigenvalue weighted by atomic mass is 9.84. The maximum Gasteiger partial charge on any atom is 0.338 e. The van der Waals surface area contributed by atoms with E-state index in [1.165, 1.54) is 0 Å². The van der Waals surface area contributed by atoms with E-state index >= 15 is 0 Å². The van der Waals surface area contributed by atoms with Crippen molar-refractivity contribution in [3.8, 4) is 0 Å². The zero-order valence-electron chi connectivity index (χ0n) is 11.2. The summed E-state index contributed by atoms with van der Waals surface area (Å²) in [4.78, 5) is 23.3. The Balaban J connectivity index is 1.63. The van der Waals surface area contributed by atoms with Crippen molar-refractivity contribution in [3.63, 3.8) is 0 Å². The van der Waals surface area contributed by atoms with Crippen LogP contribution in [0.4, 0.5) is 0 Å². The molecule has 1 N–H and O–H groups in total. The number of carbonyl (C=O) groups is 2. The molecule has 2 aliphatic rings. The van der Waals surface area contributed by atoms with Crippen LogP contribution in [-0.2, 0) is 9.53 Å². The van der Waals surface area contributed by atoms with Crippen LogP contribution in [0.3, 0.4) is 0 Å². The van der Waals surface area contributed by atoms with Crippen LogP contribution in [0, 0.1) is 5.92 Å². The third kappa shape index (κ3) is 2.74. The number of hydrogen-bond donors (Lipinski definition) is 1. The van der Waals surface area contributed by atoms with Crippen molar-refractivity contribution in [3.05, 3.63) is 47.7 Å². The molecule has 0 saturated carbocycles. The van der Waals surface area contributed by atoms with Crippen molar-refractivity contribution in [2.45, 2.75) is 31.8 Å². The molecular weight excluding hydrogens is 254 g/mol. The lowest BCUT2D eigenvalue weighted by Gasteiger charge is -2.32. The second kappa shape index (κ2) is 5.49. The van der Waals surface area contributed by atoms with E-state index in [-0.39, 0.29) is 18.0 Å². The number of nitrogens with one attached hydrogen (secondary N) is 1. The number of piperidine rings is 1. The highest BCUT2D eigenvalue weighted by Crippen LogP contribution is 2.31. The summed E-state index contributed by atoms with van der Waals surface area (Å²) in [6.07, 6.45) is 4.77. The van der Waals surface area contributed by atoms with E-state index in [1.54, 1.807) is 12.1 Å². The summed E-state index contributed by atoms with van der Waals surface area (Å²) < 4.78 is 5.56. The molecule has 0 spiro atoms. The molecule has 1 heterocycles. The molecule has 3 rings (SSSR count). The zero-order valence-corrected chi connectivity index (χ0v) is 11.2. The maximum absolute atomic E-state index is 12.0. The Morgan fingerprint density at radius 1 is 1.25 bits per heavy atom. The van der Waals surface area contributed by atoms with Gasteiger partial charge < -0.3 is 10.1 Å². The van der Waals surface area contributed by atoms with Crippen molar-refractivity contribution >= 4 is 11.9 Å². The monoisotopic (exact) mass is 271 g/mol.